The summed E-state index contributed by atoms with van der Waals surface area (Å²) in [6, 6.07) is 0.308. The first-order chi connectivity index (χ1) is 6.18. The maximum atomic E-state index is 5.91. The zero-order chi connectivity index (χ0) is 9.42. The van der Waals surface area contributed by atoms with E-state index in [9.17, 15) is 0 Å². The van der Waals surface area contributed by atoms with Crippen molar-refractivity contribution in [3.63, 3.8) is 0 Å². The summed E-state index contributed by atoms with van der Waals surface area (Å²) in [7, 11) is 0. The van der Waals surface area contributed by atoms with Crippen molar-refractivity contribution in [1.29, 1.82) is 0 Å². The van der Waals surface area contributed by atoms with Gasteiger partial charge in [-0.3, -0.25) is 0 Å². The Morgan fingerprint density at radius 1 is 1.69 bits per heavy atom. The first-order valence-electron chi connectivity index (χ1n) is 4.94. The Balaban J connectivity index is 2.22. The van der Waals surface area contributed by atoms with Gasteiger partial charge >= 0.3 is 0 Å². The zero-order valence-electron chi connectivity index (χ0n) is 8.33. The van der Waals surface area contributed by atoms with Crippen LogP contribution in [0, 0.1) is 12.8 Å². The molecule has 1 aliphatic rings. The molecule has 13 heavy (non-hydrogen) atoms. The predicted octanol–water partition coefficient (Wildman–Crippen LogP) is 1.10. The Morgan fingerprint density at radius 3 is 3.15 bits per heavy atom. The van der Waals surface area contributed by atoms with E-state index in [0.29, 0.717) is 12.0 Å². The summed E-state index contributed by atoms with van der Waals surface area (Å²) in [5.41, 5.74) is 8.47. The molecule has 0 bridgehead atoms. The number of imidazole rings is 1. The molecule has 3 nitrogen and oxygen atoms in total. The molecule has 3 heteroatoms. The minimum atomic E-state index is 0.308. The normalized spacial score (nSPS) is 24.1. The lowest BCUT2D eigenvalue weighted by molar-refractivity contribution is 0.342. The number of fused-ring (bicyclic) bond motifs is 1. The maximum Gasteiger partial charge on any atom is 0.0951 e. The Kier molecular flexibility index (Phi) is 2.12. The molecule has 2 N–H and O–H groups in total. The van der Waals surface area contributed by atoms with Crippen LogP contribution in [-0.2, 0) is 13.0 Å². The molecule has 72 valence electrons. The molecule has 0 radical (unpaired) electrons. The van der Waals surface area contributed by atoms with E-state index in [1.54, 1.807) is 0 Å². The number of rotatable bonds is 1. The van der Waals surface area contributed by atoms with Gasteiger partial charge in [0.1, 0.15) is 0 Å². The monoisotopic (exact) mass is 179 g/mol. The van der Waals surface area contributed by atoms with Gasteiger partial charge in [0.25, 0.3) is 0 Å². The molecule has 2 atom stereocenters. The summed E-state index contributed by atoms with van der Waals surface area (Å²) in [5.74, 6) is 0.642. The second-order valence-electron chi connectivity index (χ2n) is 4.08. The van der Waals surface area contributed by atoms with E-state index in [-0.39, 0.29) is 0 Å². The van der Waals surface area contributed by atoms with Crippen LogP contribution in [-0.4, -0.2) is 15.6 Å². The third-order valence-corrected chi connectivity index (χ3v) is 3.10. The predicted molar refractivity (Wildman–Crippen MR) is 52.4 cm³/mol. The van der Waals surface area contributed by atoms with Gasteiger partial charge in [-0.15, -0.1) is 0 Å². The van der Waals surface area contributed by atoms with E-state index in [0.717, 1.165) is 13.0 Å². The molecule has 1 aliphatic heterocycles. The SMILES string of the molecule is Cc1ncn2c1CC(C(C)N)CC2. The molecule has 0 aliphatic carbocycles. The number of aromatic nitrogens is 2. The zero-order valence-corrected chi connectivity index (χ0v) is 8.33. The quantitative estimate of drug-likeness (QED) is 0.701. The Labute approximate surface area is 79.0 Å². The van der Waals surface area contributed by atoms with Crippen LogP contribution in [0.2, 0.25) is 0 Å². The van der Waals surface area contributed by atoms with Crippen LogP contribution in [0.3, 0.4) is 0 Å². The van der Waals surface area contributed by atoms with Crippen molar-refractivity contribution in [2.45, 2.75) is 39.3 Å². The second-order valence-corrected chi connectivity index (χ2v) is 4.08. The molecule has 1 aromatic heterocycles. The Morgan fingerprint density at radius 2 is 2.46 bits per heavy atom. The molecular formula is C10H17N3. The van der Waals surface area contributed by atoms with E-state index in [4.69, 9.17) is 5.73 Å². The maximum absolute atomic E-state index is 5.91. The van der Waals surface area contributed by atoms with E-state index in [1.165, 1.54) is 17.8 Å². The standard InChI is InChI=1S/C10H17N3/c1-7(11)9-3-4-13-6-12-8(2)10(13)5-9/h6-7,9H,3-5,11H2,1-2H3. The lowest BCUT2D eigenvalue weighted by atomic mass is 9.90. The Hall–Kier alpha value is -0.830. The number of hydrogen-bond donors (Lipinski definition) is 1. The molecular weight excluding hydrogens is 162 g/mol. The van der Waals surface area contributed by atoms with Gasteiger partial charge in [-0.05, 0) is 32.6 Å². The van der Waals surface area contributed by atoms with Crippen molar-refractivity contribution in [2.24, 2.45) is 11.7 Å². The minimum absolute atomic E-state index is 0.308. The van der Waals surface area contributed by atoms with Crippen LogP contribution in [0.4, 0.5) is 0 Å². The fraction of sp³-hybridized carbons (Fsp3) is 0.700. The average molecular weight is 179 g/mol. The third kappa shape index (κ3) is 1.48. The highest BCUT2D eigenvalue weighted by Crippen LogP contribution is 2.23. The summed E-state index contributed by atoms with van der Waals surface area (Å²) in [6.45, 7) is 5.27. The topological polar surface area (TPSA) is 43.8 Å². The van der Waals surface area contributed by atoms with Gasteiger partial charge in [0.15, 0.2) is 0 Å². The van der Waals surface area contributed by atoms with Crippen LogP contribution in [0.5, 0.6) is 0 Å². The van der Waals surface area contributed by atoms with Gasteiger partial charge in [-0.1, -0.05) is 0 Å². The molecule has 0 spiro atoms. The summed E-state index contributed by atoms with van der Waals surface area (Å²) >= 11 is 0. The largest absolute Gasteiger partial charge is 0.334 e. The number of hydrogen-bond acceptors (Lipinski definition) is 2. The highest BCUT2D eigenvalue weighted by atomic mass is 15.1. The smallest absolute Gasteiger partial charge is 0.0951 e. The lowest BCUT2D eigenvalue weighted by Crippen LogP contribution is -2.32. The average Bonchev–Trinajstić information content (AvgIpc) is 2.47. The van der Waals surface area contributed by atoms with Crippen LogP contribution >= 0.6 is 0 Å². The van der Waals surface area contributed by atoms with E-state index in [1.807, 2.05) is 6.33 Å². The molecule has 1 aromatic rings. The molecule has 0 saturated heterocycles. The van der Waals surface area contributed by atoms with Crippen molar-refractivity contribution in [1.82, 2.24) is 9.55 Å². The third-order valence-electron chi connectivity index (χ3n) is 3.10. The number of nitrogens with zero attached hydrogens (tertiary/aromatic N) is 2. The van der Waals surface area contributed by atoms with E-state index < -0.39 is 0 Å². The highest BCUT2D eigenvalue weighted by Gasteiger charge is 2.22. The van der Waals surface area contributed by atoms with Gasteiger partial charge < -0.3 is 10.3 Å². The number of nitrogens with two attached hydrogens (primary N) is 1. The first kappa shape index (κ1) is 8.75. The molecule has 0 amide bonds. The fourth-order valence-electron chi connectivity index (χ4n) is 2.07. The highest BCUT2D eigenvalue weighted by molar-refractivity contribution is 5.14. The summed E-state index contributed by atoms with van der Waals surface area (Å²) < 4.78 is 2.26. The minimum Gasteiger partial charge on any atom is -0.334 e. The van der Waals surface area contributed by atoms with Crippen LogP contribution in [0.15, 0.2) is 6.33 Å². The van der Waals surface area contributed by atoms with Crippen molar-refractivity contribution < 1.29 is 0 Å². The Bertz CT molecular complexity index is 301. The molecule has 2 heterocycles. The molecule has 2 unspecified atom stereocenters. The summed E-state index contributed by atoms with van der Waals surface area (Å²) in [6.07, 6.45) is 4.24. The van der Waals surface area contributed by atoms with Gasteiger partial charge in [-0.2, -0.15) is 0 Å². The van der Waals surface area contributed by atoms with E-state index >= 15 is 0 Å². The molecule has 2 rings (SSSR count). The summed E-state index contributed by atoms with van der Waals surface area (Å²) in [4.78, 5) is 4.31. The van der Waals surface area contributed by atoms with Crippen LogP contribution in [0.1, 0.15) is 24.7 Å². The van der Waals surface area contributed by atoms with E-state index in [2.05, 4.69) is 23.4 Å². The van der Waals surface area contributed by atoms with Gasteiger partial charge in [0.2, 0.25) is 0 Å². The first-order valence-corrected chi connectivity index (χ1v) is 4.94. The van der Waals surface area contributed by atoms with Gasteiger partial charge in [0.05, 0.1) is 12.0 Å². The second kappa shape index (κ2) is 3.14. The van der Waals surface area contributed by atoms with Crippen LogP contribution in [0.25, 0.3) is 0 Å². The molecule has 0 aromatic carbocycles. The van der Waals surface area contributed by atoms with Gasteiger partial charge in [0, 0.05) is 18.3 Å². The van der Waals surface area contributed by atoms with Crippen molar-refractivity contribution in [2.75, 3.05) is 0 Å². The lowest BCUT2D eigenvalue weighted by Gasteiger charge is -2.26. The summed E-state index contributed by atoms with van der Waals surface area (Å²) in [5, 5.41) is 0. The molecule has 0 saturated carbocycles. The van der Waals surface area contributed by atoms with Crippen molar-refractivity contribution in [3.8, 4) is 0 Å². The van der Waals surface area contributed by atoms with Crippen molar-refractivity contribution in [3.05, 3.63) is 17.7 Å². The fourth-order valence-corrected chi connectivity index (χ4v) is 2.07. The van der Waals surface area contributed by atoms with Crippen molar-refractivity contribution >= 4 is 0 Å². The number of aryl methyl sites for hydroxylation is 2. The van der Waals surface area contributed by atoms with Gasteiger partial charge in [-0.25, -0.2) is 4.98 Å². The molecule has 0 fully saturated rings. The van der Waals surface area contributed by atoms with Crippen LogP contribution < -0.4 is 5.73 Å².